The number of carboxylic acids is 1. The minimum Gasteiger partial charge on any atom is -0.481 e. The summed E-state index contributed by atoms with van der Waals surface area (Å²) in [6, 6.07) is 0. The SMILES string of the molecule is CC(C)(CNCCOCCO)C(=O)O. The van der Waals surface area contributed by atoms with Crippen LogP contribution in [0.4, 0.5) is 0 Å². The average Bonchev–Trinajstić information content (AvgIpc) is 2.10. The van der Waals surface area contributed by atoms with Gasteiger partial charge in [0.1, 0.15) is 0 Å². The van der Waals surface area contributed by atoms with E-state index in [1.54, 1.807) is 13.8 Å². The van der Waals surface area contributed by atoms with Gasteiger partial charge in [0.05, 0.1) is 25.2 Å². The van der Waals surface area contributed by atoms with E-state index in [9.17, 15) is 4.79 Å². The number of hydrogen-bond acceptors (Lipinski definition) is 4. The lowest BCUT2D eigenvalue weighted by molar-refractivity contribution is -0.146. The van der Waals surface area contributed by atoms with Crippen LogP contribution in [0.5, 0.6) is 0 Å². The van der Waals surface area contributed by atoms with Crippen LogP contribution in [0.15, 0.2) is 0 Å². The molecule has 0 saturated carbocycles. The van der Waals surface area contributed by atoms with Crippen LogP contribution in [0.3, 0.4) is 0 Å². The van der Waals surface area contributed by atoms with E-state index >= 15 is 0 Å². The van der Waals surface area contributed by atoms with Crippen molar-refractivity contribution in [2.24, 2.45) is 5.41 Å². The third-order valence-electron chi connectivity index (χ3n) is 1.80. The molecule has 0 aliphatic heterocycles. The topological polar surface area (TPSA) is 78.8 Å². The molecule has 0 rings (SSSR count). The summed E-state index contributed by atoms with van der Waals surface area (Å²) < 4.78 is 5.00. The van der Waals surface area contributed by atoms with Gasteiger partial charge in [0.2, 0.25) is 0 Å². The molecule has 5 heteroatoms. The average molecular weight is 205 g/mol. The largest absolute Gasteiger partial charge is 0.481 e. The maximum absolute atomic E-state index is 10.7. The van der Waals surface area contributed by atoms with Gasteiger partial charge in [-0.3, -0.25) is 4.79 Å². The summed E-state index contributed by atoms with van der Waals surface area (Å²) in [5.41, 5.74) is -0.753. The van der Waals surface area contributed by atoms with Crippen LogP contribution >= 0.6 is 0 Å². The number of aliphatic hydroxyl groups is 1. The highest BCUT2D eigenvalue weighted by atomic mass is 16.5. The first-order valence-electron chi connectivity index (χ1n) is 4.63. The summed E-state index contributed by atoms with van der Waals surface area (Å²) >= 11 is 0. The van der Waals surface area contributed by atoms with Gasteiger partial charge in [-0.1, -0.05) is 0 Å². The van der Waals surface area contributed by atoms with Gasteiger partial charge in [0, 0.05) is 13.1 Å². The maximum atomic E-state index is 10.7. The fourth-order valence-corrected chi connectivity index (χ4v) is 0.787. The van der Waals surface area contributed by atoms with E-state index in [1.165, 1.54) is 0 Å². The Balaban J connectivity index is 3.40. The molecule has 0 aliphatic carbocycles. The number of aliphatic carboxylic acids is 1. The third kappa shape index (κ3) is 5.90. The lowest BCUT2D eigenvalue weighted by Crippen LogP contribution is -2.37. The normalized spacial score (nSPS) is 11.6. The quantitative estimate of drug-likeness (QED) is 0.474. The van der Waals surface area contributed by atoms with Crippen molar-refractivity contribution in [1.82, 2.24) is 5.32 Å². The zero-order valence-corrected chi connectivity index (χ0v) is 8.75. The van der Waals surface area contributed by atoms with E-state index in [-0.39, 0.29) is 6.61 Å². The highest BCUT2D eigenvalue weighted by molar-refractivity contribution is 5.73. The second kappa shape index (κ2) is 6.75. The van der Waals surface area contributed by atoms with Crippen molar-refractivity contribution in [3.05, 3.63) is 0 Å². The predicted octanol–water partition coefficient (Wildman–Crippen LogP) is -0.304. The monoisotopic (exact) mass is 205 g/mol. The Morgan fingerprint density at radius 2 is 2.07 bits per heavy atom. The standard InChI is InChI=1S/C9H19NO4/c1-9(2,8(12)13)7-10-3-5-14-6-4-11/h10-11H,3-7H2,1-2H3,(H,12,13). The van der Waals surface area contributed by atoms with Gasteiger partial charge in [-0.2, -0.15) is 0 Å². The first kappa shape index (κ1) is 13.4. The second-order valence-corrected chi connectivity index (χ2v) is 3.70. The van der Waals surface area contributed by atoms with E-state index in [0.717, 1.165) is 0 Å². The van der Waals surface area contributed by atoms with Gasteiger partial charge in [-0.15, -0.1) is 0 Å². The molecule has 0 radical (unpaired) electrons. The minimum atomic E-state index is -0.818. The Bertz CT molecular complexity index is 170. The van der Waals surface area contributed by atoms with E-state index < -0.39 is 11.4 Å². The molecule has 0 amide bonds. The zero-order valence-electron chi connectivity index (χ0n) is 8.75. The fourth-order valence-electron chi connectivity index (χ4n) is 0.787. The molecule has 84 valence electrons. The number of carbonyl (C=O) groups is 1. The fraction of sp³-hybridized carbons (Fsp3) is 0.889. The molecule has 0 aromatic rings. The van der Waals surface area contributed by atoms with Crippen molar-refractivity contribution in [1.29, 1.82) is 0 Å². The van der Waals surface area contributed by atoms with Crippen LogP contribution in [0.1, 0.15) is 13.8 Å². The smallest absolute Gasteiger partial charge is 0.310 e. The Morgan fingerprint density at radius 3 is 2.57 bits per heavy atom. The van der Waals surface area contributed by atoms with Crippen molar-refractivity contribution < 1.29 is 19.7 Å². The molecule has 0 bridgehead atoms. The summed E-state index contributed by atoms with van der Waals surface area (Å²) in [7, 11) is 0. The van der Waals surface area contributed by atoms with Gasteiger partial charge >= 0.3 is 5.97 Å². The van der Waals surface area contributed by atoms with Crippen molar-refractivity contribution in [3.63, 3.8) is 0 Å². The zero-order chi connectivity index (χ0) is 11.0. The van der Waals surface area contributed by atoms with Crippen LogP contribution < -0.4 is 5.32 Å². The van der Waals surface area contributed by atoms with Crippen LogP contribution in [0.2, 0.25) is 0 Å². The number of nitrogens with one attached hydrogen (secondary N) is 1. The minimum absolute atomic E-state index is 0.0145. The molecular weight excluding hydrogens is 186 g/mol. The predicted molar refractivity (Wildman–Crippen MR) is 52.2 cm³/mol. The Hall–Kier alpha value is -0.650. The van der Waals surface area contributed by atoms with Crippen LogP contribution in [0, 0.1) is 5.41 Å². The van der Waals surface area contributed by atoms with Gasteiger partial charge in [0.15, 0.2) is 0 Å². The summed E-state index contributed by atoms with van der Waals surface area (Å²) in [6.07, 6.45) is 0. The highest BCUT2D eigenvalue weighted by Gasteiger charge is 2.26. The number of carboxylic acid groups (broad SMARTS) is 1. The molecule has 0 aromatic heterocycles. The summed E-state index contributed by atoms with van der Waals surface area (Å²) in [4.78, 5) is 10.7. The highest BCUT2D eigenvalue weighted by Crippen LogP contribution is 2.12. The van der Waals surface area contributed by atoms with E-state index in [2.05, 4.69) is 5.32 Å². The van der Waals surface area contributed by atoms with Crippen molar-refractivity contribution in [2.45, 2.75) is 13.8 Å². The van der Waals surface area contributed by atoms with Crippen LogP contribution in [-0.2, 0) is 9.53 Å². The molecule has 3 N–H and O–H groups in total. The van der Waals surface area contributed by atoms with E-state index in [0.29, 0.717) is 26.3 Å². The summed E-state index contributed by atoms with van der Waals surface area (Å²) in [5, 5.41) is 20.2. The number of rotatable bonds is 8. The Kier molecular flexibility index (Phi) is 6.44. The number of ether oxygens (including phenoxy) is 1. The molecule has 5 nitrogen and oxygen atoms in total. The lowest BCUT2D eigenvalue weighted by atomic mass is 9.94. The molecule has 0 saturated heterocycles. The number of hydrogen-bond donors (Lipinski definition) is 3. The molecular formula is C9H19NO4. The van der Waals surface area contributed by atoms with Gasteiger partial charge in [0.25, 0.3) is 0 Å². The molecule has 0 aromatic carbocycles. The van der Waals surface area contributed by atoms with Crippen molar-refractivity contribution in [2.75, 3.05) is 32.9 Å². The molecule has 0 aliphatic rings. The molecule has 0 fully saturated rings. The van der Waals surface area contributed by atoms with E-state index in [1.807, 2.05) is 0 Å². The van der Waals surface area contributed by atoms with Gasteiger partial charge in [-0.25, -0.2) is 0 Å². The summed E-state index contributed by atoms with van der Waals surface area (Å²) in [5.74, 6) is -0.818. The van der Waals surface area contributed by atoms with Gasteiger partial charge < -0.3 is 20.3 Å². The van der Waals surface area contributed by atoms with Crippen molar-refractivity contribution >= 4 is 5.97 Å². The van der Waals surface area contributed by atoms with Crippen molar-refractivity contribution in [3.8, 4) is 0 Å². The van der Waals surface area contributed by atoms with Gasteiger partial charge in [-0.05, 0) is 13.8 Å². The molecule has 0 heterocycles. The molecule has 0 spiro atoms. The Morgan fingerprint density at radius 1 is 1.43 bits per heavy atom. The maximum Gasteiger partial charge on any atom is 0.310 e. The second-order valence-electron chi connectivity index (χ2n) is 3.70. The van der Waals surface area contributed by atoms with Crippen LogP contribution in [-0.4, -0.2) is 49.1 Å². The van der Waals surface area contributed by atoms with Crippen LogP contribution in [0.25, 0.3) is 0 Å². The molecule has 14 heavy (non-hydrogen) atoms. The third-order valence-corrected chi connectivity index (χ3v) is 1.80. The summed E-state index contributed by atoms with van der Waals surface area (Å²) in [6.45, 7) is 5.15. The first-order chi connectivity index (χ1) is 6.50. The molecule has 0 atom stereocenters. The van der Waals surface area contributed by atoms with E-state index in [4.69, 9.17) is 14.9 Å². The number of aliphatic hydroxyl groups excluding tert-OH is 1. The first-order valence-corrected chi connectivity index (χ1v) is 4.63. The molecule has 0 unspecified atom stereocenters. The lowest BCUT2D eigenvalue weighted by Gasteiger charge is -2.19. The Labute approximate surface area is 84.1 Å².